The van der Waals surface area contributed by atoms with Crippen LogP contribution >= 0.6 is 0 Å². The second kappa shape index (κ2) is 12.0. The zero-order valence-electron chi connectivity index (χ0n) is 19.1. The van der Waals surface area contributed by atoms with Crippen LogP contribution in [0.15, 0.2) is 35.1 Å². The van der Waals surface area contributed by atoms with Crippen molar-refractivity contribution in [3.05, 3.63) is 35.1 Å². The minimum Gasteiger partial charge on any atom is -0.462 e. The number of carbonyl (C=O) groups excluding carboxylic acids is 5. The molecule has 0 amide bonds. The molecule has 1 aliphatic carbocycles. The van der Waals surface area contributed by atoms with Crippen molar-refractivity contribution in [2.45, 2.75) is 46.8 Å². The van der Waals surface area contributed by atoms with Crippen molar-refractivity contribution >= 4 is 29.7 Å². The van der Waals surface area contributed by atoms with Crippen LogP contribution in [0, 0.1) is 11.8 Å². The lowest BCUT2D eigenvalue weighted by molar-refractivity contribution is -0.179. The number of hydrogen-bond donors (Lipinski definition) is 0. The molecule has 0 saturated heterocycles. The summed E-state index contributed by atoms with van der Waals surface area (Å²) in [4.78, 5) is 58.0. The van der Waals surface area contributed by atoms with E-state index in [0.717, 1.165) is 0 Å². The normalized spacial score (nSPS) is 22.5. The van der Waals surface area contributed by atoms with Gasteiger partial charge in [-0.15, -0.1) is 0 Å². The number of fused-ring (bicyclic) bond motifs is 1. The minimum atomic E-state index is -0.961. The van der Waals surface area contributed by atoms with E-state index < -0.39 is 36.1 Å². The van der Waals surface area contributed by atoms with Crippen LogP contribution < -0.4 is 0 Å². The molecule has 1 heterocycles. The van der Waals surface area contributed by atoms with Gasteiger partial charge in [-0.2, -0.15) is 0 Å². The Hall–Kier alpha value is -3.43. The van der Waals surface area contributed by atoms with E-state index in [9.17, 15) is 24.0 Å². The van der Waals surface area contributed by atoms with Gasteiger partial charge in [-0.05, 0) is 25.0 Å². The van der Waals surface area contributed by atoms with Crippen molar-refractivity contribution in [1.29, 1.82) is 0 Å². The number of hydrogen-bond acceptors (Lipinski definition) is 10. The van der Waals surface area contributed by atoms with Gasteiger partial charge >= 0.3 is 23.9 Å². The molecule has 0 aromatic rings. The predicted octanol–water partition coefficient (Wildman–Crippen LogP) is 1.93. The third-order valence-corrected chi connectivity index (χ3v) is 4.96. The van der Waals surface area contributed by atoms with Crippen molar-refractivity contribution in [2.75, 3.05) is 19.8 Å². The Balaban J connectivity index is 1.96. The fourth-order valence-electron chi connectivity index (χ4n) is 3.44. The first kappa shape index (κ1) is 25.8. The lowest BCUT2D eigenvalue weighted by atomic mass is 9.87. The fourth-order valence-corrected chi connectivity index (χ4v) is 3.44. The average Bonchev–Trinajstić information content (AvgIpc) is 3.12. The Morgan fingerprint density at radius 1 is 0.909 bits per heavy atom. The molecule has 1 aliphatic heterocycles. The molecule has 3 atom stereocenters. The third kappa shape index (κ3) is 8.55. The standard InChI is InChI=1S/C23H28O10/c1-13(9-29-15(3)24)5-21(27)31-11-17-12-32-23(20-8-18(26)7-19(17)20)33-22(28)6-14(2)10-30-16(4)25/h5-6,12,19-20,23H,7-11H2,1-4H3. The summed E-state index contributed by atoms with van der Waals surface area (Å²) in [6, 6.07) is 0. The highest BCUT2D eigenvalue weighted by molar-refractivity contribution is 5.84. The fraction of sp³-hybridized carbons (Fsp3) is 0.522. The van der Waals surface area contributed by atoms with Crippen LogP contribution in [0.5, 0.6) is 0 Å². The third-order valence-electron chi connectivity index (χ3n) is 4.96. The number of carbonyl (C=O) groups is 5. The Bertz CT molecular complexity index is 895. The number of rotatable bonds is 9. The molecule has 10 nitrogen and oxygen atoms in total. The van der Waals surface area contributed by atoms with Crippen molar-refractivity contribution in [2.24, 2.45) is 11.8 Å². The van der Waals surface area contributed by atoms with Gasteiger partial charge in [0, 0.05) is 56.3 Å². The molecular weight excluding hydrogens is 436 g/mol. The van der Waals surface area contributed by atoms with Gasteiger partial charge in [-0.3, -0.25) is 14.4 Å². The molecule has 2 aliphatic rings. The maximum atomic E-state index is 12.2. The summed E-state index contributed by atoms with van der Waals surface area (Å²) in [6.45, 7) is 5.63. The van der Waals surface area contributed by atoms with Crippen molar-refractivity contribution in [1.82, 2.24) is 0 Å². The topological polar surface area (TPSA) is 132 Å². The van der Waals surface area contributed by atoms with Crippen LogP contribution in [-0.4, -0.2) is 55.8 Å². The highest BCUT2D eigenvalue weighted by Crippen LogP contribution is 2.41. The Labute approximate surface area is 191 Å². The summed E-state index contributed by atoms with van der Waals surface area (Å²) in [5, 5.41) is 0. The number of esters is 4. The molecule has 180 valence electrons. The van der Waals surface area contributed by atoms with Gasteiger partial charge in [0.25, 0.3) is 0 Å². The largest absolute Gasteiger partial charge is 0.462 e. The first-order chi connectivity index (χ1) is 15.5. The van der Waals surface area contributed by atoms with Crippen molar-refractivity contribution in [3.63, 3.8) is 0 Å². The molecule has 0 aromatic heterocycles. The Kier molecular flexibility index (Phi) is 9.38. The first-order valence-electron chi connectivity index (χ1n) is 10.4. The molecule has 33 heavy (non-hydrogen) atoms. The number of ether oxygens (including phenoxy) is 5. The summed E-state index contributed by atoms with van der Waals surface area (Å²) in [5.74, 6) is -2.91. The van der Waals surface area contributed by atoms with Crippen LogP contribution in [-0.2, 0) is 47.7 Å². The van der Waals surface area contributed by atoms with Crippen LogP contribution in [0.3, 0.4) is 0 Å². The number of ketones is 1. The molecule has 0 bridgehead atoms. The first-order valence-corrected chi connectivity index (χ1v) is 10.4. The molecule has 3 unspecified atom stereocenters. The zero-order chi connectivity index (χ0) is 24.5. The smallest absolute Gasteiger partial charge is 0.333 e. The molecule has 0 aromatic carbocycles. The van der Waals surface area contributed by atoms with E-state index in [1.807, 2.05) is 0 Å². The van der Waals surface area contributed by atoms with E-state index in [-0.39, 0.29) is 44.4 Å². The molecule has 1 saturated carbocycles. The lowest BCUT2D eigenvalue weighted by Gasteiger charge is -2.32. The Morgan fingerprint density at radius 2 is 1.48 bits per heavy atom. The van der Waals surface area contributed by atoms with Gasteiger partial charge in [0.15, 0.2) is 0 Å². The molecule has 0 N–H and O–H groups in total. The van der Waals surface area contributed by atoms with E-state index in [1.165, 1.54) is 32.3 Å². The van der Waals surface area contributed by atoms with Crippen LogP contribution in [0.4, 0.5) is 0 Å². The minimum absolute atomic E-state index is 0.00696. The zero-order valence-corrected chi connectivity index (χ0v) is 19.1. The highest BCUT2D eigenvalue weighted by atomic mass is 16.7. The quantitative estimate of drug-likeness (QED) is 0.283. The lowest BCUT2D eigenvalue weighted by Crippen LogP contribution is -2.35. The Morgan fingerprint density at radius 3 is 2.06 bits per heavy atom. The summed E-state index contributed by atoms with van der Waals surface area (Å²) < 4.78 is 25.8. The SMILES string of the molecule is CC(=O)OCC(C)=CC(=O)OCC1=COC(OC(=O)C=C(C)COC(C)=O)C2CC(=O)CC12. The summed E-state index contributed by atoms with van der Waals surface area (Å²) in [6.07, 6.45) is 3.22. The van der Waals surface area contributed by atoms with Gasteiger partial charge in [0.05, 0.1) is 6.26 Å². The van der Waals surface area contributed by atoms with Crippen molar-refractivity contribution < 1.29 is 47.7 Å². The van der Waals surface area contributed by atoms with E-state index >= 15 is 0 Å². The van der Waals surface area contributed by atoms with E-state index in [2.05, 4.69) is 0 Å². The summed E-state index contributed by atoms with van der Waals surface area (Å²) >= 11 is 0. The highest BCUT2D eigenvalue weighted by Gasteiger charge is 2.45. The molecular formula is C23H28O10. The van der Waals surface area contributed by atoms with Crippen LogP contribution in [0.2, 0.25) is 0 Å². The van der Waals surface area contributed by atoms with E-state index in [0.29, 0.717) is 16.7 Å². The molecule has 2 rings (SSSR count). The summed E-state index contributed by atoms with van der Waals surface area (Å²) in [7, 11) is 0. The average molecular weight is 464 g/mol. The molecule has 0 spiro atoms. The number of Topliss-reactive ketones (excluding diaryl/α,β-unsaturated/α-hetero) is 1. The van der Waals surface area contributed by atoms with Gasteiger partial charge in [-0.1, -0.05) is 0 Å². The predicted molar refractivity (Wildman–Crippen MR) is 112 cm³/mol. The van der Waals surface area contributed by atoms with Crippen LogP contribution in [0.1, 0.15) is 40.5 Å². The molecule has 0 radical (unpaired) electrons. The second-order valence-electron chi connectivity index (χ2n) is 8.00. The monoisotopic (exact) mass is 464 g/mol. The van der Waals surface area contributed by atoms with E-state index in [1.54, 1.807) is 13.8 Å². The van der Waals surface area contributed by atoms with Gasteiger partial charge in [-0.25, -0.2) is 9.59 Å². The van der Waals surface area contributed by atoms with Gasteiger partial charge in [0.2, 0.25) is 6.29 Å². The summed E-state index contributed by atoms with van der Waals surface area (Å²) in [5.41, 5.74) is 1.62. The van der Waals surface area contributed by atoms with E-state index in [4.69, 9.17) is 23.7 Å². The maximum absolute atomic E-state index is 12.2. The van der Waals surface area contributed by atoms with Crippen LogP contribution in [0.25, 0.3) is 0 Å². The second-order valence-corrected chi connectivity index (χ2v) is 8.00. The van der Waals surface area contributed by atoms with Gasteiger partial charge < -0.3 is 23.7 Å². The van der Waals surface area contributed by atoms with Gasteiger partial charge in [0.1, 0.15) is 25.6 Å². The van der Waals surface area contributed by atoms with Crippen molar-refractivity contribution in [3.8, 4) is 0 Å². The maximum Gasteiger partial charge on any atom is 0.333 e. The molecule has 10 heteroatoms. The molecule has 1 fully saturated rings.